The van der Waals surface area contributed by atoms with E-state index in [1.807, 2.05) is 13.8 Å². The van der Waals surface area contributed by atoms with Gasteiger partial charge in [0.15, 0.2) is 0 Å². The SMILES string of the molecule is Cc1c(C(=O)OCC(C)C)cc([N+](=O)[O-])cc1S(=O)(=O)Cl. The van der Waals surface area contributed by atoms with Gasteiger partial charge in [-0.15, -0.1) is 0 Å². The molecule has 0 aromatic heterocycles. The van der Waals surface area contributed by atoms with Crippen LogP contribution < -0.4 is 0 Å². The van der Waals surface area contributed by atoms with Crippen molar-refractivity contribution in [2.45, 2.75) is 25.7 Å². The molecular formula is C12H14ClNO6S. The summed E-state index contributed by atoms with van der Waals surface area (Å²) in [7, 11) is 1.03. The van der Waals surface area contributed by atoms with Gasteiger partial charge in [-0.05, 0) is 18.4 Å². The summed E-state index contributed by atoms with van der Waals surface area (Å²) in [5, 5.41) is 10.8. The molecule has 0 aliphatic rings. The van der Waals surface area contributed by atoms with Crippen LogP contribution in [0.5, 0.6) is 0 Å². The van der Waals surface area contributed by atoms with E-state index in [1.165, 1.54) is 6.92 Å². The normalized spacial score (nSPS) is 11.5. The van der Waals surface area contributed by atoms with Crippen molar-refractivity contribution < 1.29 is 22.9 Å². The van der Waals surface area contributed by atoms with Crippen molar-refractivity contribution in [2.75, 3.05) is 6.61 Å². The van der Waals surface area contributed by atoms with Gasteiger partial charge in [-0.1, -0.05) is 13.8 Å². The highest BCUT2D eigenvalue weighted by Gasteiger charge is 2.25. The average molecular weight is 336 g/mol. The van der Waals surface area contributed by atoms with Gasteiger partial charge >= 0.3 is 5.97 Å². The van der Waals surface area contributed by atoms with Crippen molar-refractivity contribution in [2.24, 2.45) is 5.92 Å². The van der Waals surface area contributed by atoms with E-state index >= 15 is 0 Å². The van der Waals surface area contributed by atoms with Crippen LogP contribution in [-0.4, -0.2) is 25.9 Å². The van der Waals surface area contributed by atoms with Gasteiger partial charge in [0.25, 0.3) is 14.7 Å². The Morgan fingerprint density at radius 3 is 2.43 bits per heavy atom. The van der Waals surface area contributed by atoms with Gasteiger partial charge in [0.2, 0.25) is 0 Å². The van der Waals surface area contributed by atoms with Crippen molar-refractivity contribution in [3.8, 4) is 0 Å². The molecular weight excluding hydrogens is 322 g/mol. The Kier molecular flexibility index (Phi) is 5.30. The highest BCUT2D eigenvalue weighted by Crippen LogP contribution is 2.28. The number of nitrogens with zero attached hydrogens (tertiary/aromatic N) is 1. The second-order valence-corrected chi connectivity index (χ2v) is 7.34. The summed E-state index contributed by atoms with van der Waals surface area (Å²) in [4.78, 5) is 21.5. The highest BCUT2D eigenvalue weighted by molar-refractivity contribution is 8.13. The number of benzene rings is 1. The summed E-state index contributed by atoms with van der Waals surface area (Å²) in [5.41, 5.74) is -0.718. The van der Waals surface area contributed by atoms with E-state index in [0.29, 0.717) is 0 Å². The predicted octanol–water partition coefficient (Wildman–Crippen LogP) is 2.64. The van der Waals surface area contributed by atoms with E-state index in [-0.39, 0.29) is 23.7 Å². The zero-order chi connectivity index (χ0) is 16.4. The lowest BCUT2D eigenvalue weighted by Gasteiger charge is -2.11. The Labute approximate surface area is 126 Å². The van der Waals surface area contributed by atoms with Gasteiger partial charge in [-0.2, -0.15) is 0 Å². The van der Waals surface area contributed by atoms with Gasteiger partial charge < -0.3 is 4.74 Å². The average Bonchev–Trinajstić information content (AvgIpc) is 2.34. The Morgan fingerprint density at radius 2 is 2.00 bits per heavy atom. The van der Waals surface area contributed by atoms with Crippen LogP contribution in [0, 0.1) is 23.0 Å². The van der Waals surface area contributed by atoms with Crippen LogP contribution in [0.2, 0.25) is 0 Å². The smallest absolute Gasteiger partial charge is 0.338 e. The van der Waals surface area contributed by atoms with Gasteiger partial charge in [-0.3, -0.25) is 10.1 Å². The first-order chi connectivity index (χ1) is 9.54. The molecule has 9 heteroatoms. The molecule has 0 bridgehead atoms. The number of esters is 1. The van der Waals surface area contributed by atoms with E-state index in [2.05, 4.69) is 0 Å². The molecule has 0 amide bonds. The summed E-state index contributed by atoms with van der Waals surface area (Å²) >= 11 is 0. The van der Waals surface area contributed by atoms with E-state index in [1.54, 1.807) is 0 Å². The molecule has 0 radical (unpaired) electrons. The minimum absolute atomic E-state index is 0.0179. The lowest BCUT2D eigenvalue weighted by atomic mass is 10.1. The van der Waals surface area contributed by atoms with E-state index in [4.69, 9.17) is 15.4 Å². The standard InChI is InChI=1S/C12H14ClNO6S/c1-7(2)6-20-12(15)10-4-9(14(16)17)5-11(8(10)3)21(13,18)19/h4-5,7H,6H2,1-3H3. The number of rotatable bonds is 5. The Bertz CT molecular complexity index is 683. The number of nitro groups is 1. The Morgan fingerprint density at radius 1 is 1.43 bits per heavy atom. The predicted molar refractivity (Wildman–Crippen MR) is 76.0 cm³/mol. The molecule has 0 fully saturated rings. The van der Waals surface area contributed by atoms with Crippen molar-refractivity contribution in [3.63, 3.8) is 0 Å². The fourth-order valence-electron chi connectivity index (χ4n) is 1.56. The third kappa shape index (κ3) is 4.40. The first-order valence-corrected chi connectivity index (χ1v) is 8.25. The largest absolute Gasteiger partial charge is 0.462 e. The fraction of sp³-hybridized carbons (Fsp3) is 0.417. The Hall–Kier alpha value is -1.67. The quantitative estimate of drug-likeness (QED) is 0.354. The van der Waals surface area contributed by atoms with E-state index in [9.17, 15) is 23.3 Å². The number of ether oxygens (including phenoxy) is 1. The molecule has 0 atom stereocenters. The molecule has 1 aromatic rings. The second kappa shape index (κ2) is 6.40. The third-order valence-electron chi connectivity index (χ3n) is 2.59. The second-order valence-electron chi connectivity index (χ2n) is 4.80. The first-order valence-electron chi connectivity index (χ1n) is 5.95. The number of hydrogen-bond donors (Lipinski definition) is 0. The van der Waals surface area contributed by atoms with Crippen LogP contribution in [0.1, 0.15) is 29.8 Å². The maximum absolute atomic E-state index is 11.9. The molecule has 0 saturated carbocycles. The summed E-state index contributed by atoms with van der Waals surface area (Å²) < 4.78 is 27.9. The van der Waals surface area contributed by atoms with Gasteiger partial charge in [0.05, 0.1) is 22.0 Å². The minimum atomic E-state index is -4.22. The molecule has 0 N–H and O–H groups in total. The summed E-state index contributed by atoms with van der Waals surface area (Å²) in [6.45, 7) is 5.10. The van der Waals surface area contributed by atoms with Crippen LogP contribution in [-0.2, 0) is 13.8 Å². The van der Waals surface area contributed by atoms with Gasteiger partial charge in [-0.25, -0.2) is 13.2 Å². The zero-order valence-electron chi connectivity index (χ0n) is 11.6. The van der Waals surface area contributed by atoms with Crippen LogP contribution in [0.3, 0.4) is 0 Å². The van der Waals surface area contributed by atoms with E-state index < -0.39 is 30.5 Å². The van der Waals surface area contributed by atoms with Crippen LogP contribution in [0.4, 0.5) is 5.69 Å². The van der Waals surface area contributed by atoms with Crippen molar-refractivity contribution in [1.82, 2.24) is 0 Å². The number of halogens is 1. The fourth-order valence-corrected chi connectivity index (χ4v) is 2.78. The van der Waals surface area contributed by atoms with Crippen molar-refractivity contribution in [1.29, 1.82) is 0 Å². The molecule has 21 heavy (non-hydrogen) atoms. The lowest BCUT2D eigenvalue weighted by molar-refractivity contribution is -0.385. The molecule has 7 nitrogen and oxygen atoms in total. The van der Waals surface area contributed by atoms with Crippen molar-refractivity contribution in [3.05, 3.63) is 33.4 Å². The van der Waals surface area contributed by atoms with Crippen LogP contribution in [0.15, 0.2) is 17.0 Å². The van der Waals surface area contributed by atoms with Gasteiger partial charge in [0, 0.05) is 22.8 Å². The first kappa shape index (κ1) is 17.4. The van der Waals surface area contributed by atoms with Crippen LogP contribution >= 0.6 is 10.7 Å². The molecule has 0 unspecified atom stereocenters. The van der Waals surface area contributed by atoms with Gasteiger partial charge in [0.1, 0.15) is 0 Å². The Balaban J connectivity index is 3.41. The third-order valence-corrected chi connectivity index (χ3v) is 4.03. The summed E-state index contributed by atoms with van der Waals surface area (Å²) in [6.07, 6.45) is 0. The molecule has 0 saturated heterocycles. The van der Waals surface area contributed by atoms with Crippen molar-refractivity contribution >= 4 is 31.4 Å². The molecule has 0 heterocycles. The maximum atomic E-state index is 11.9. The molecule has 0 aliphatic heterocycles. The number of hydrogen-bond acceptors (Lipinski definition) is 6. The molecule has 0 spiro atoms. The molecule has 0 aliphatic carbocycles. The molecule has 1 aromatic carbocycles. The summed E-state index contributed by atoms with van der Waals surface area (Å²) in [5.74, 6) is -0.754. The zero-order valence-corrected chi connectivity index (χ0v) is 13.2. The lowest BCUT2D eigenvalue weighted by Crippen LogP contribution is -2.13. The molecule has 116 valence electrons. The maximum Gasteiger partial charge on any atom is 0.338 e. The number of carbonyl (C=O) groups is 1. The summed E-state index contributed by atoms with van der Waals surface area (Å²) in [6, 6.07) is 1.79. The van der Waals surface area contributed by atoms with E-state index in [0.717, 1.165) is 12.1 Å². The topological polar surface area (TPSA) is 104 Å². The number of carbonyl (C=O) groups excluding carboxylic acids is 1. The molecule has 1 rings (SSSR count). The minimum Gasteiger partial charge on any atom is -0.462 e. The number of non-ortho nitro benzene ring substituents is 1. The monoisotopic (exact) mass is 335 g/mol. The number of nitro benzene ring substituents is 1. The van der Waals surface area contributed by atoms with Crippen LogP contribution in [0.25, 0.3) is 0 Å². The highest BCUT2D eigenvalue weighted by atomic mass is 35.7.